The van der Waals surface area contributed by atoms with Crippen LogP contribution >= 0.6 is 0 Å². The van der Waals surface area contributed by atoms with Crippen LogP contribution in [0.3, 0.4) is 0 Å². The standard InChI is InChI=1S/C26H29N5O2/c1-18-5-4-6-20(13-18)16-30-11-9-19(10-12-30)14-27-24(32)17-31-26(33)25-22(15-28-31)21-7-2-3-8-23(21)29-25/h2-8,13,15,19,29H,9-12,14,16-17H2,1H3,(H,27,32). The molecule has 1 aliphatic rings. The molecule has 3 heterocycles. The van der Waals surface area contributed by atoms with Crippen molar-refractivity contribution >= 4 is 27.7 Å². The number of hydrogen-bond acceptors (Lipinski definition) is 4. The minimum absolute atomic E-state index is 0.0731. The van der Waals surface area contributed by atoms with Gasteiger partial charge < -0.3 is 10.3 Å². The largest absolute Gasteiger partial charge is 0.354 e. The van der Waals surface area contributed by atoms with Crippen molar-refractivity contribution in [2.24, 2.45) is 5.92 Å². The number of nitrogens with zero attached hydrogens (tertiary/aromatic N) is 3. The summed E-state index contributed by atoms with van der Waals surface area (Å²) in [5.41, 5.74) is 3.75. The van der Waals surface area contributed by atoms with Crippen molar-refractivity contribution in [3.8, 4) is 0 Å². The Bertz CT molecular complexity index is 1350. The van der Waals surface area contributed by atoms with Crippen molar-refractivity contribution in [3.63, 3.8) is 0 Å². The van der Waals surface area contributed by atoms with Gasteiger partial charge in [-0.25, -0.2) is 4.68 Å². The highest BCUT2D eigenvalue weighted by atomic mass is 16.2. The smallest absolute Gasteiger partial charge is 0.291 e. The minimum Gasteiger partial charge on any atom is -0.354 e. The quantitative estimate of drug-likeness (QED) is 0.479. The lowest BCUT2D eigenvalue weighted by molar-refractivity contribution is -0.122. The Kier molecular flexibility index (Phi) is 5.96. The molecule has 4 aromatic rings. The Balaban J connectivity index is 1.14. The topological polar surface area (TPSA) is 83.0 Å². The zero-order valence-corrected chi connectivity index (χ0v) is 18.9. The molecule has 1 amide bonds. The van der Waals surface area contributed by atoms with Crippen molar-refractivity contribution in [1.29, 1.82) is 0 Å². The van der Waals surface area contributed by atoms with E-state index in [-0.39, 0.29) is 18.0 Å². The monoisotopic (exact) mass is 443 g/mol. The number of aryl methyl sites for hydroxylation is 1. The molecule has 5 rings (SSSR count). The molecule has 2 aromatic carbocycles. The highest BCUT2D eigenvalue weighted by Gasteiger charge is 2.20. The molecular weight excluding hydrogens is 414 g/mol. The molecule has 1 aliphatic heterocycles. The van der Waals surface area contributed by atoms with Crippen LogP contribution in [0.1, 0.15) is 24.0 Å². The maximum absolute atomic E-state index is 12.8. The summed E-state index contributed by atoms with van der Waals surface area (Å²) in [7, 11) is 0. The number of aromatic amines is 1. The molecule has 33 heavy (non-hydrogen) atoms. The molecule has 7 heteroatoms. The zero-order chi connectivity index (χ0) is 22.8. The van der Waals surface area contributed by atoms with E-state index in [0.29, 0.717) is 18.0 Å². The predicted octanol–water partition coefficient (Wildman–Crippen LogP) is 3.21. The van der Waals surface area contributed by atoms with Gasteiger partial charge in [0.05, 0.1) is 6.20 Å². The summed E-state index contributed by atoms with van der Waals surface area (Å²) in [6.07, 6.45) is 3.78. The van der Waals surface area contributed by atoms with Gasteiger partial charge in [-0.15, -0.1) is 0 Å². The molecule has 0 unspecified atom stereocenters. The number of carbonyl (C=O) groups excluding carboxylic acids is 1. The van der Waals surface area contributed by atoms with Crippen molar-refractivity contribution in [2.45, 2.75) is 32.9 Å². The van der Waals surface area contributed by atoms with Gasteiger partial charge in [0.25, 0.3) is 5.56 Å². The van der Waals surface area contributed by atoms with Gasteiger partial charge >= 0.3 is 0 Å². The number of carbonyl (C=O) groups is 1. The van der Waals surface area contributed by atoms with E-state index in [0.717, 1.165) is 48.8 Å². The number of amides is 1. The van der Waals surface area contributed by atoms with Gasteiger partial charge in [-0.05, 0) is 50.4 Å². The third-order valence-electron chi connectivity index (χ3n) is 6.60. The van der Waals surface area contributed by atoms with Gasteiger partial charge in [-0.3, -0.25) is 14.5 Å². The number of fused-ring (bicyclic) bond motifs is 3. The lowest BCUT2D eigenvalue weighted by Gasteiger charge is -2.32. The lowest BCUT2D eigenvalue weighted by Crippen LogP contribution is -2.40. The first kappa shape index (κ1) is 21.4. The highest BCUT2D eigenvalue weighted by molar-refractivity contribution is 6.06. The first-order chi connectivity index (χ1) is 16.1. The molecule has 170 valence electrons. The Labute approximate surface area is 192 Å². The normalized spacial score (nSPS) is 15.3. The van der Waals surface area contributed by atoms with Gasteiger partial charge in [0, 0.05) is 29.4 Å². The molecule has 2 N–H and O–H groups in total. The molecule has 0 aliphatic carbocycles. The van der Waals surface area contributed by atoms with Gasteiger partial charge in [0.2, 0.25) is 5.91 Å². The van der Waals surface area contributed by atoms with E-state index in [1.54, 1.807) is 6.20 Å². The average molecular weight is 444 g/mol. The van der Waals surface area contributed by atoms with Crippen LogP contribution in [0.4, 0.5) is 0 Å². The van der Waals surface area contributed by atoms with E-state index >= 15 is 0 Å². The molecule has 2 aromatic heterocycles. The molecule has 1 saturated heterocycles. The predicted molar refractivity (Wildman–Crippen MR) is 130 cm³/mol. The summed E-state index contributed by atoms with van der Waals surface area (Å²) in [5, 5.41) is 8.99. The molecule has 0 radical (unpaired) electrons. The first-order valence-corrected chi connectivity index (χ1v) is 11.6. The Morgan fingerprint density at radius 2 is 1.94 bits per heavy atom. The van der Waals surface area contributed by atoms with Crippen molar-refractivity contribution in [1.82, 2.24) is 25.0 Å². The van der Waals surface area contributed by atoms with E-state index in [1.807, 2.05) is 24.3 Å². The molecule has 0 spiro atoms. The Morgan fingerprint density at radius 1 is 1.12 bits per heavy atom. The van der Waals surface area contributed by atoms with E-state index in [1.165, 1.54) is 15.8 Å². The van der Waals surface area contributed by atoms with E-state index in [2.05, 4.69) is 51.5 Å². The van der Waals surface area contributed by atoms with Gasteiger partial charge in [0.15, 0.2) is 0 Å². The number of H-pyrrole nitrogens is 1. The van der Waals surface area contributed by atoms with Crippen LogP contribution in [0, 0.1) is 12.8 Å². The van der Waals surface area contributed by atoms with Crippen LogP contribution in [0.25, 0.3) is 21.8 Å². The molecular formula is C26H29N5O2. The second kappa shape index (κ2) is 9.19. The fourth-order valence-electron chi connectivity index (χ4n) is 4.76. The maximum atomic E-state index is 12.8. The summed E-state index contributed by atoms with van der Waals surface area (Å²) < 4.78 is 1.23. The number of rotatable bonds is 6. The van der Waals surface area contributed by atoms with Gasteiger partial charge in [-0.1, -0.05) is 48.0 Å². The third-order valence-corrected chi connectivity index (χ3v) is 6.60. The molecule has 0 bridgehead atoms. The van der Waals surface area contributed by atoms with Crippen LogP contribution in [0.5, 0.6) is 0 Å². The highest BCUT2D eigenvalue weighted by Crippen LogP contribution is 2.22. The zero-order valence-electron chi connectivity index (χ0n) is 18.9. The third kappa shape index (κ3) is 4.68. The summed E-state index contributed by atoms with van der Waals surface area (Å²) in [4.78, 5) is 31.0. The van der Waals surface area contributed by atoms with Crippen LogP contribution in [-0.2, 0) is 17.9 Å². The first-order valence-electron chi connectivity index (χ1n) is 11.6. The Hall–Kier alpha value is -3.45. The van der Waals surface area contributed by atoms with Gasteiger partial charge in [-0.2, -0.15) is 5.10 Å². The lowest BCUT2D eigenvalue weighted by atomic mass is 9.96. The summed E-state index contributed by atoms with van der Waals surface area (Å²) in [6, 6.07) is 16.4. The molecule has 0 atom stereocenters. The fourth-order valence-corrected chi connectivity index (χ4v) is 4.76. The maximum Gasteiger partial charge on any atom is 0.291 e. The number of hydrogen-bond donors (Lipinski definition) is 2. The number of para-hydroxylation sites is 1. The number of piperidine rings is 1. The molecule has 1 fully saturated rings. The summed E-state index contributed by atoms with van der Waals surface area (Å²) >= 11 is 0. The summed E-state index contributed by atoms with van der Waals surface area (Å²) in [6.45, 7) is 5.74. The fraction of sp³-hybridized carbons (Fsp3) is 0.346. The average Bonchev–Trinajstić information content (AvgIpc) is 3.20. The van der Waals surface area contributed by atoms with E-state index in [9.17, 15) is 9.59 Å². The second-order valence-electron chi connectivity index (χ2n) is 9.08. The number of aromatic nitrogens is 3. The van der Waals surface area contributed by atoms with E-state index < -0.39 is 0 Å². The number of likely N-dealkylation sites (tertiary alicyclic amines) is 1. The van der Waals surface area contributed by atoms with Crippen LogP contribution in [0.15, 0.2) is 59.5 Å². The molecule has 7 nitrogen and oxygen atoms in total. The van der Waals surface area contributed by atoms with Crippen molar-refractivity contribution in [2.75, 3.05) is 19.6 Å². The summed E-state index contributed by atoms with van der Waals surface area (Å²) in [5.74, 6) is 0.283. The van der Waals surface area contributed by atoms with Crippen molar-refractivity contribution < 1.29 is 4.79 Å². The van der Waals surface area contributed by atoms with Crippen LogP contribution in [-0.4, -0.2) is 45.2 Å². The van der Waals surface area contributed by atoms with Crippen LogP contribution in [0.2, 0.25) is 0 Å². The second-order valence-corrected chi connectivity index (χ2v) is 9.08. The van der Waals surface area contributed by atoms with Crippen molar-refractivity contribution in [3.05, 3.63) is 76.2 Å². The Morgan fingerprint density at radius 3 is 2.76 bits per heavy atom. The number of nitrogens with one attached hydrogen (secondary N) is 2. The van der Waals surface area contributed by atoms with Crippen LogP contribution < -0.4 is 10.9 Å². The molecule has 0 saturated carbocycles. The SMILES string of the molecule is Cc1cccc(CN2CCC(CNC(=O)Cn3ncc4c([nH]c5ccccc54)c3=O)CC2)c1. The minimum atomic E-state index is -0.275. The van der Waals surface area contributed by atoms with Gasteiger partial charge in [0.1, 0.15) is 12.1 Å². The number of benzene rings is 2. The van der Waals surface area contributed by atoms with E-state index in [4.69, 9.17) is 0 Å².